The Kier molecular flexibility index (Phi) is 5.61. The highest BCUT2D eigenvalue weighted by atomic mass is 16.3. The number of para-hydroxylation sites is 1. The van der Waals surface area contributed by atoms with Gasteiger partial charge in [0, 0.05) is 29.9 Å². The fourth-order valence-corrected chi connectivity index (χ4v) is 5.05. The van der Waals surface area contributed by atoms with E-state index in [1.54, 1.807) is 6.08 Å². The van der Waals surface area contributed by atoms with E-state index in [2.05, 4.69) is 53.6 Å². The number of aliphatic hydroxyl groups excluding tert-OH is 1. The van der Waals surface area contributed by atoms with Crippen LogP contribution in [-0.4, -0.2) is 29.5 Å². The molecule has 0 aliphatic heterocycles. The second-order valence-corrected chi connectivity index (χ2v) is 8.84. The molecule has 166 valence electrons. The number of carbonyl (C=O) groups excluding carboxylic acids is 1. The maximum Gasteiger partial charge on any atom is 0.182 e. The van der Waals surface area contributed by atoms with Crippen LogP contribution in [0.15, 0.2) is 78.0 Å². The molecule has 6 rings (SSSR count). The highest BCUT2D eigenvalue weighted by molar-refractivity contribution is 6.17. The predicted molar refractivity (Wildman–Crippen MR) is 135 cm³/mol. The van der Waals surface area contributed by atoms with E-state index in [4.69, 9.17) is 0 Å². The molecule has 0 fully saturated rings. The molecule has 1 unspecified atom stereocenters. The number of H-pyrrole nitrogens is 1. The van der Waals surface area contributed by atoms with Crippen molar-refractivity contribution in [1.82, 2.24) is 10.3 Å². The molecule has 3 aliphatic rings. The van der Waals surface area contributed by atoms with Gasteiger partial charge in [-0.05, 0) is 82.1 Å². The third kappa shape index (κ3) is 3.98. The van der Waals surface area contributed by atoms with Crippen molar-refractivity contribution in [3.63, 3.8) is 0 Å². The summed E-state index contributed by atoms with van der Waals surface area (Å²) in [4.78, 5) is 14.8. The van der Waals surface area contributed by atoms with Crippen LogP contribution in [0.2, 0.25) is 0 Å². The van der Waals surface area contributed by atoms with Gasteiger partial charge in [0.2, 0.25) is 0 Å². The van der Waals surface area contributed by atoms with E-state index in [1.807, 2.05) is 31.4 Å². The molecule has 3 N–H and O–H groups in total. The van der Waals surface area contributed by atoms with Crippen LogP contribution in [0.3, 0.4) is 0 Å². The number of aliphatic hydroxyl groups is 1. The first-order valence-corrected chi connectivity index (χ1v) is 11.5. The monoisotopic (exact) mass is 436 g/mol. The number of hydrogen-bond acceptors (Lipinski definition) is 3. The van der Waals surface area contributed by atoms with Gasteiger partial charge in [0.15, 0.2) is 5.78 Å². The smallest absolute Gasteiger partial charge is 0.182 e. The number of carbonyl (C=O) groups is 1. The fourth-order valence-electron chi connectivity index (χ4n) is 5.05. The summed E-state index contributed by atoms with van der Waals surface area (Å²) < 4.78 is 0. The SMILES string of the molecule is CNCC1=CC2=c3ccc4c(c3CCC2=CC1C)C(O)=CC(=O)C=4.c1ccc2[nH]ccc2c1. The number of hydrogen-bond donors (Lipinski definition) is 3. The first-order chi connectivity index (χ1) is 16.0. The molecule has 1 atom stereocenters. The van der Waals surface area contributed by atoms with Crippen LogP contribution in [0.1, 0.15) is 24.5 Å². The predicted octanol–water partition coefficient (Wildman–Crippen LogP) is 3.94. The van der Waals surface area contributed by atoms with Gasteiger partial charge in [0.05, 0.1) is 0 Å². The molecule has 0 amide bonds. The molecular formula is C29H28N2O2. The van der Waals surface area contributed by atoms with Gasteiger partial charge in [-0.15, -0.1) is 0 Å². The standard InChI is InChI=1S/C21H21NO2.C8H7N/c1-12-7-13-3-6-18-17(19(13)9-15(12)11-22-2)5-4-14-8-16(23)10-20(24)21(14)18;1-2-4-8-7(3-1)5-6-9-8/h4-5,7-10,12,22,24H,3,6,11H2,1-2H3;1-6,9H. The second kappa shape index (κ2) is 8.72. The van der Waals surface area contributed by atoms with Gasteiger partial charge in [-0.3, -0.25) is 4.79 Å². The van der Waals surface area contributed by atoms with E-state index >= 15 is 0 Å². The number of rotatable bonds is 2. The number of aromatic nitrogens is 1. The van der Waals surface area contributed by atoms with Crippen molar-refractivity contribution >= 4 is 34.1 Å². The van der Waals surface area contributed by atoms with Gasteiger partial charge in [0.25, 0.3) is 0 Å². The van der Waals surface area contributed by atoms with E-state index in [0.29, 0.717) is 5.92 Å². The molecule has 0 spiro atoms. The summed E-state index contributed by atoms with van der Waals surface area (Å²) in [5.41, 5.74) is 7.25. The highest BCUT2D eigenvalue weighted by Crippen LogP contribution is 2.33. The van der Waals surface area contributed by atoms with Crippen LogP contribution in [0.25, 0.3) is 28.3 Å². The molecule has 3 aliphatic carbocycles. The minimum Gasteiger partial charge on any atom is -0.507 e. The number of ketones is 1. The molecule has 0 saturated carbocycles. The lowest BCUT2D eigenvalue weighted by Crippen LogP contribution is -2.30. The quantitative estimate of drug-likeness (QED) is 0.570. The molecular weight excluding hydrogens is 408 g/mol. The van der Waals surface area contributed by atoms with Crippen LogP contribution < -0.4 is 15.8 Å². The van der Waals surface area contributed by atoms with Crippen LogP contribution in [0.4, 0.5) is 0 Å². The Morgan fingerprint density at radius 2 is 1.91 bits per heavy atom. The van der Waals surface area contributed by atoms with Gasteiger partial charge in [-0.1, -0.05) is 49.4 Å². The normalized spacial score (nSPS) is 18.6. The van der Waals surface area contributed by atoms with Crippen molar-refractivity contribution < 1.29 is 9.90 Å². The largest absolute Gasteiger partial charge is 0.507 e. The average molecular weight is 437 g/mol. The fraction of sp³-hybridized carbons (Fsp3) is 0.207. The number of likely N-dealkylation sites (N-methyl/N-ethyl adjacent to an activating group) is 1. The summed E-state index contributed by atoms with van der Waals surface area (Å²) >= 11 is 0. The maximum absolute atomic E-state index is 11.7. The summed E-state index contributed by atoms with van der Waals surface area (Å²) in [7, 11) is 1.97. The van der Waals surface area contributed by atoms with E-state index in [1.165, 1.54) is 38.9 Å². The van der Waals surface area contributed by atoms with Crippen molar-refractivity contribution in [2.24, 2.45) is 5.92 Å². The molecule has 0 bridgehead atoms. The first-order valence-electron chi connectivity index (χ1n) is 11.5. The highest BCUT2D eigenvalue weighted by Gasteiger charge is 2.24. The number of fused-ring (bicyclic) bond motifs is 5. The van der Waals surface area contributed by atoms with Gasteiger partial charge in [-0.25, -0.2) is 0 Å². The zero-order valence-electron chi connectivity index (χ0n) is 19.0. The van der Waals surface area contributed by atoms with Crippen LogP contribution in [0.5, 0.6) is 0 Å². The average Bonchev–Trinajstić information content (AvgIpc) is 3.28. The number of benzene rings is 2. The summed E-state index contributed by atoms with van der Waals surface area (Å²) in [6.07, 6.45) is 11.4. The summed E-state index contributed by atoms with van der Waals surface area (Å²) in [6, 6.07) is 14.3. The summed E-state index contributed by atoms with van der Waals surface area (Å²) in [5, 5.41) is 16.9. The Hall–Kier alpha value is -3.63. The van der Waals surface area contributed by atoms with Crippen LogP contribution >= 0.6 is 0 Å². The Bertz CT molecular complexity index is 1440. The molecule has 0 saturated heterocycles. The second-order valence-electron chi connectivity index (χ2n) is 8.84. The first kappa shape index (κ1) is 21.2. The lowest BCUT2D eigenvalue weighted by molar-refractivity contribution is -0.109. The topological polar surface area (TPSA) is 65.1 Å². The minimum absolute atomic E-state index is 0.103. The Labute approximate surface area is 193 Å². The Morgan fingerprint density at radius 1 is 1.06 bits per heavy atom. The molecule has 4 nitrogen and oxygen atoms in total. The molecule has 1 heterocycles. The van der Waals surface area contributed by atoms with Crippen LogP contribution in [-0.2, 0) is 11.2 Å². The van der Waals surface area contributed by atoms with E-state index in [9.17, 15) is 9.90 Å². The van der Waals surface area contributed by atoms with E-state index in [-0.39, 0.29) is 11.5 Å². The molecule has 1 aromatic heterocycles. The summed E-state index contributed by atoms with van der Waals surface area (Å²) in [5.74, 6) is 0.410. The van der Waals surface area contributed by atoms with Gasteiger partial charge < -0.3 is 15.4 Å². The third-order valence-electron chi connectivity index (χ3n) is 6.67. The lowest BCUT2D eigenvalue weighted by atomic mass is 9.78. The summed E-state index contributed by atoms with van der Waals surface area (Å²) in [6.45, 7) is 3.12. The van der Waals surface area contributed by atoms with Crippen molar-refractivity contribution in [3.05, 3.63) is 99.6 Å². The lowest BCUT2D eigenvalue weighted by Gasteiger charge is -2.27. The van der Waals surface area contributed by atoms with Gasteiger partial charge in [-0.2, -0.15) is 0 Å². The zero-order valence-corrected chi connectivity index (χ0v) is 19.0. The van der Waals surface area contributed by atoms with Crippen molar-refractivity contribution in [1.29, 1.82) is 0 Å². The van der Waals surface area contributed by atoms with Crippen LogP contribution in [0, 0.1) is 5.92 Å². The maximum atomic E-state index is 11.7. The van der Waals surface area contributed by atoms with Crippen molar-refractivity contribution in [2.75, 3.05) is 13.6 Å². The molecule has 33 heavy (non-hydrogen) atoms. The Morgan fingerprint density at radius 3 is 2.73 bits per heavy atom. The number of nitrogens with one attached hydrogen (secondary N) is 2. The molecule has 4 heteroatoms. The van der Waals surface area contributed by atoms with E-state index in [0.717, 1.165) is 35.7 Å². The number of aromatic amines is 1. The van der Waals surface area contributed by atoms with E-state index < -0.39 is 0 Å². The van der Waals surface area contributed by atoms with Gasteiger partial charge >= 0.3 is 0 Å². The molecule has 2 aromatic carbocycles. The molecule has 3 aromatic rings. The Balaban J connectivity index is 0.000000211. The van der Waals surface area contributed by atoms with Crippen molar-refractivity contribution in [2.45, 2.75) is 19.8 Å². The third-order valence-corrected chi connectivity index (χ3v) is 6.67. The van der Waals surface area contributed by atoms with Crippen molar-refractivity contribution in [3.8, 4) is 0 Å². The number of allylic oxidation sites excluding steroid dienone is 4. The minimum atomic E-state index is -0.147. The molecule has 0 radical (unpaired) electrons. The zero-order chi connectivity index (χ0) is 22.9. The van der Waals surface area contributed by atoms with Gasteiger partial charge in [0.1, 0.15) is 5.76 Å².